The Morgan fingerprint density at radius 2 is 1.73 bits per heavy atom. The van der Waals surface area contributed by atoms with Gasteiger partial charge >= 0.3 is 0 Å². The van der Waals surface area contributed by atoms with Gasteiger partial charge in [-0.3, -0.25) is 9.78 Å². The molecule has 26 heavy (non-hydrogen) atoms. The van der Waals surface area contributed by atoms with E-state index in [1.807, 2.05) is 63.2 Å². The lowest BCUT2D eigenvalue weighted by atomic mass is 9.95. The maximum Gasteiger partial charge on any atom is 0.229 e. The van der Waals surface area contributed by atoms with Gasteiger partial charge in [-0.15, -0.1) is 0 Å². The number of carbonyl (C=O) groups is 1. The van der Waals surface area contributed by atoms with Crippen LogP contribution < -0.4 is 10.6 Å². The summed E-state index contributed by atoms with van der Waals surface area (Å²) in [4.78, 5) is 24.7. The van der Waals surface area contributed by atoms with Crippen molar-refractivity contribution in [2.75, 3.05) is 10.6 Å². The normalized spacial score (nSPS) is 11.0. The van der Waals surface area contributed by atoms with Crippen LogP contribution in [0.15, 0.2) is 61.2 Å². The summed E-state index contributed by atoms with van der Waals surface area (Å²) < 4.78 is 0. The molecular formula is C20H21N5O. The van der Waals surface area contributed by atoms with Crippen LogP contribution in [0.25, 0.3) is 11.3 Å². The molecule has 0 aliphatic rings. The number of anilines is 3. The van der Waals surface area contributed by atoms with E-state index in [-0.39, 0.29) is 5.91 Å². The zero-order chi connectivity index (χ0) is 18.6. The van der Waals surface area contributed by atoms with Crippen molar-refractivity contribution < 1.29 is 4.79 Å². The number of amides is 1. The first-order valence-electron chi connectivity index (χ1n) is 8.33. The minimum absolute atomic E-state index is 0.0184. The van der Waals surface area contributed by atoms with Gasteiger partial charge in [0.2, 0.25) is 5.91 Å². The van der Waals surface area contributed by atoms with Crippen LogP contribution in [-0.2, 0) is 4.79 Å². The van der Waals surface area contributed by atoms with Crippen molar-refractivity contribution in [1.82, 2.24) is 15.0 Å². The van der Waals surface area contributed by atoms with Crippen LogP contribution in [0.2, 0.25) is 0 Å². The van der Waals surface area contributed by atoms with Crippen molar-refractivity contribution >= 4 is 23.1 Å². The van der Waals surface area contributed by atoms with Crippen molar-refractivity contribution in [3.63, 3.8) is 0 Å². The number of nitrogens with zero attached hydrogens (tertiary/aromatic N) is 3. The standard InChI is InChI=1S/C20H21N5O/c1-20(2,3)19(26)25-16-8-6-15(7-9-16)24-18-11-17(22-13-23-18)14-5-4-10-21-12-14/h4-13H,1-3H3,(H,25,26)(H,22,23,24). The molecule has 1 amide bonds. The van der Waals surface area contributed by atoms with E-state index in [9.17, 15) is 4.79 Å². The van der Waals surface area contributed by atoms with E-state index in [4.69, 9.17) is 0 Å². The Morgan fingerprint density at radius 3 is 2.38 bits per heavy atom. The SMILES string of the molecule is CC(C)(C)C(=O)Nc1ccc(Nc2cc(-c3cccnc3)ncn2)cc1. The van der Waals surface area contributed by atoms with Crippen LogP contribution in [0.3, 0.4) is 0 Å². The third-order valence-corrected chi connectivity index (χ3v) is 3.72. The van der Waals surface area contributed by atoms with E-state index in [1.54, 1.807) is 12.4 Å². The van der Waals surface area contributed by atoms with Crippen LogP contribution in [0, 0.1) is 5.41 Å². The van der Waals surface area contributed by atoms with Gasteiger partial charge in [0.15, 0.2) is 0 Å². The third kappa shape index (κ3) is 4.42. The quantitative estimate of drug-likeness (QED) is 0.737. The molecule has 0 radical (unpaired) electrons. The molecule has 132 valence electrons. The van der Waals surface area contributed by atoms with E-state index in [0.717, 1.165) is 22.6 Å². The van der Waals surface area contributed by atoms with Crippen molar-refractivity contribution in [1.29, 1.82) is 0 Å². The van der Waals surface area contributed by atoms with Gasteiger partial charge in [-0.25, -0.2) is 9.97 Å². The second-order valence-electron chi connectivity index (χ2n) is 6.94. The fourth-order valence-electron chi connectivity index (χ4n) is 2.20. The predicted molar refractivity (Wildman–Crippen MR) is 103 cm³/mol. The summed E-state index contributed by atoms with van der Waals surface area (Å²) in [5.41, 5.74) is 2.92. The van der Waals surface area contributed by atoms with Crippen molar-refractivity contribution in [2.24, 2.45) is 5.41 Å². The van der Waals surface area contributed by atoms with Gasteiger partial charge in [0, 0.05) is 40.8 Å². The molecule has 1 aromatic carbocycles. The number of nitrogens with one attached hydrogen (secondary N) is 2. The van der Waals surface area contributed by atoms with E-state index in [1.165, 1.54) is 6.33 Å². The minimum atomic E-state index is -0.430. The minimum Gasteiger partial charge on any atom is -0.340 e. The number of hydrogen-bond donors (Lipinski definition) is 2. The molecule has 2 N–H and O–H groups in total. The lowest BCUT2D eigenvalue weighted by Crippen LogP contribution is -2.27. The Hall–Kier alpha value is -3.28. The Labute approximate surface area is 152 Å². The summed E-state index contributed by atoms with van der Waals surface area (Å²) in [5.74, 6) is 0.667. The molecule has 6 heteroatoms. The van der Waals surface area contributed by atoms with Crippen LogP contribution >= 0.6 is 0 Å². The molecule has 2 heterocycles. The summed E-state index contributed by atoms with van der Waals surface area (Å²) in [7, 11) is 0. The zero-order valence-corrected chi connectivity index (χ0v) is 15.0. The second kappa shape index (κ2) is 7.31. The average Bonchev–Trinajstić information content (AvgIpc) is 2.63. The van der Waals surface area contributed by atoms with E-state index in [2.05, 4.69) is 25.6 Å². The molecule has 0 aliphatic heterocycles. The third-order valence-electron chi connectivity index (χ3n) is 3.72. The maximum absolute atomic E-state index is 12.0. The van der Waals surface area contributed by atoms with E-state index in [0.29, 0.717) is 5.82 Å². The second-order valence-corrected chi connectivity index (χ2v) is 6.94. The van der Waals surface area contributed by atoms with Crippen molar-refractivity contribution in [3.8, 4) is 11.3 Å². The number of carbonyl (C=O) groups excluding carboxylic acids is 1. The van der Waals surface area contributed by atoms with Crippen LogP contribution in [0.5, 0.6) is 0 Å². The highest BCUT2D eigenvalue weighted by Crippen LogP contribution is 2.22. The zero-order valence-electron chi connectivity index (χ0n) is 15.0. The van der Waals surface area contributed by atoms with Gasteiger partial charge in [-0.05, 0) is 36.4 Å². The first-order chi connectivity index (χ1) is 12.4. The number of hydrogen-bond acceptors (Lipinski definition) is 5. The summed E-state index contributed by atoms with van der Waals surface area (Å²) in [6, 6.07) is 13.2. The lowest BCUT2D eigenvalue weighted by Gasteiger charge is -2.17. The Balaban J connectivity index is 1.71. The number of rotatable bonds is 4. The first kappa shape index (κ1) is 17.5. The molecule has 0 fully saturated rings. The fraction of sp³-hybridized carbons (Fsp3) is 0.200. The molecule has 0 saturated heterocycles. The monoisotopic (exact) mass is 347 g/mol. The van der Waals surface area contributed by atoms with Gasteiger partial charge in [0.25, 0.3) is 0 Å². The number of pyridine rings is 1. The Bertz CT molecular complexity index is 886. The van der Waals surface area contributed by atoms with Gasteiger partial charge in [-0.2, -0.15) is 0 Å². The molecule has 0 spiro atoms. The smallest absolute Gasteiger partial charge is 0.229 e. The molecule has 3 aromatic rings. The first-order valence-corrected chi connectivity index (χ1v) is 8.33. The highest BCUT2D eigenvalue weighted by Gasteiger charge is 2.20. The van der Waals surface area contributed by atoms with Gasteiger partial charge in [-0.1, -0.05) is 20.8 Å². The van der Waals surface area contributed by atoms with Gasteiger partial charge in [0.05, 0.1) is 5.69 Å². The van der Waals surface area contributed by atoms with Crippen molar-refractivity contribution in [3.05, 3.63) is 61.2 Å². The molecule has 0 unspecified atom stereocenters. The molecule has 0 aliphatic carbocycles. The highest BCUT2D eigenvalue weighted by molar-refractivity contribution is 5.94. The summed E-state index contributed by atoms with van der Waals surface area (Å²) >= 11 is 0. The largest absolute Gasteiger partial charge is 0.340 e. The lowest BCUT2D eigenvalue weighted by molar-refractivity contribution is -0.123. The maximum atomic E-state index is 12.0. The van der Waals surface area contributed by atoms with Crippen LogP contribution in [-0.4, -0.2) is 20.9 Å². The molecular weight excluding hydrogens is 326 g/mol. The highest BCUT2D eigenvalue weighted by atomic mass is 16.2. The molecule has 6 nitrogen and oxygen atoms in total. The van der Waals surface area contributed by atoms with E-state index >= 15 is 0 Å². The Morgan fingerprint density at radius 1 is 1.00 bits per heavy atom. The molecule has 0 atom stereocenters. The van der Waals surface area contributed by atoms with Gasteiger partial charge in [0.1, 0.15) is 12.1 Å². The number of aromatic nitrogens is 3. The fourth-order valence-corrected chi connectivity index (χ4v) is 2.20. The number of benzene rings is 1. The predicted octanol–water partition coefficient (Wildman–Crippen LogP) is 4.27. The topological polar surface area (TPSA) is 79.8 Å². The summed E-state index contributed by atoms with van der Waals surface area (Å²) in [6.45, 7) is 5.65. The molecule has 0 bridgehead atoms. The van der Waals surface area contributed by atoms with E-state index < -0.39 is 5.41 Å². The molecule has 0 saturated carbocycles. The van der Waals surface area contributed by atoms with Crippen LogP contribution in [0.4, 0.5) is 17.2 Å². The van der Waals surface area contributed by atoms with Gasteiger partial charge < -0.3 is 10.6 Å². The Kier molecular flexibility index (Phi) is 4.93. The summed E-state index contributed by atoms with van der Waals surface area (Å²) in [6.07, 6.45) is 5.01. The molecule has 3 rings (SSSR count). The average molecular weight is 347 g/mol. The molecule has 2 aromatic heterocycles. The van der Waals surface area contributed by atoms with Crippen molar-refractivity contribution in [2.45, 2.75) is 20.8 Å². The van der Waals surface area contributed by atoms with Crippen LogP contribution in [0.1, 0.15) is 20.8 Å². The summed E-state index contributed by atoms with van der Waals surface area (Å²) in [5, 5.41) is 6.14.